The van der Waals surface area contributed by atoms with Gasteiger partial charge in [0.2, 0.25) is 0 Å². The number of nitrogens with one attached hydrogen (secondary N) is 1. The van der Waals surface area contributed by atoms with Crippen LogP contribution in [0.3, 0.4) is 0 Å². The van der Waals surface area contributed by atoms with Crippen LogP contribution < -0.4 is 5.32 Å². The van der Waals surface area contributed by atoms with E-state index in [-0.39, 0.29) is 11.8 Å². The van der Waals surface area contributed by atoms with Gasteiger partial charge >= 0.3 is 0 Å². The number of amides is 2. The Labute approximate surface area is 182 Å². The lowest BCUT2D eigenvalue weighted by Gasteiger charge is -2.32. The Morgan fingerprint density at radius 2 is 1.67 bits per heavy atom. The van der Waals surface area contributed by atoms with Gasteiger partial charge in [0.15, 0.2) is 0 Å². The van der Waals surface area contributed by atoms with E-state index in [1.807, 2.05) is 7.05 Å². The first kappa shape index (κ1) is 20.4. The van der Waals surface area contributed by atoms with Crippen molar-refractivity contribution in [2.24, 2.45) is 0 Å². The normalized spacial score (nSPS) is 14.9. The van der Waals surface area contributed by atoms with Crippen LogP contribution in [-0.4, -0.2) is 59.8 Å². The van der Waals surface area contributed by atoms with E-state index in [1.54, 1.807) is 35.2 Å². The number of nitrogens with zero attached hydrogens (tertiary/aromatic N) is 3. The zero-order valence-electron chi connectivity index (χ0n) is 14.5. The van der Waals surface area contributed by atoms with E-state index in [0.29, 0.717) is 39.1 Å². The first-order valence-corrected chi connectivity index (χ1v) is 10.6. The Morgan fingerprint density at radius 1 is 1.04 bits per heavy atom. The number of hydrogen-bond acceptors (Lipinski definition) is 4. The van der Waals surface area contributed by atoms with Gasteiger partial charge in [0.1, 0.15) is 11.5 Å². The summed E-state index contributed by atoms with van der Waals surface area (Å²) in [6.45, 7) is 3.03. The highest BCUT2D eigenvalue weighted by Crippen LogP contribution is 2.30. The number of halogens is 3. The van der Waals surface area contributed by atoms with Crippen LogP contribution in [0, 0.1) is 0 Å². The predicted octanol–water partition coefficient (Wildman–Crippen LogP) is 4.01. The zero-order valence-corrected chi connectivity index (χ0v) is 19.3. The summed E-state index contributed by atoms with van der Waals surface area (Å²) in [6, 6.07) is 8.64. The average Bonchev–Trinajstić information content (AvgIpc) is 2.61. The van der Waals surface area contributed by atoms with Crippen molar-refractivity contribution in [3.05, 3.63) is 55.0 Å². The van der Waals surface area contributed by atoms with Crippen molar-refractivity contribution in [2.45, 2.75) is 0 Å². The van der Waals surface area contributed by atoms with Crippen LogP contribution in [-0.2, 0) is 0 Å². The maximum absolute atomic E-state index is 12.7. The zero-order chi connectivity index (χ0) is 19.6. The smallest absolute Gasteiger partial charge is 0.272 e. The summed E-state index contributed by atoms with van der Waals surface area (Å²) in [4.78, 5) is 33.6. The minimum Gasteiger partial charge on any atom is -0.335 e. The molecule has 0 radical (unpaired) electrons. The molecule has 0 spiro atoms. The van der Waals surface area contributed by atoms with Crippen molar-refractivity contribution in [3.8, 4) is 0 Å². The van der Waals surface area contributed by atoms with E-state index < -0.39 is 0 Å². The molecule has 1 aliphatic heterocycles. The third-order valence-corrected chi connectivity index (χ3v) is 5.94. The number of rotatable bonds is 3. The third-order valence-electron chi connectivity index (χ3n) is 4.23. The number of carbonyl (C=O) groups excluding carboxylic acids is 2. The van der Waals surface area contributed by atoms with Gasteiger partial charge in [0.05, 0.1) is 5.56 Å². The van der Waals surface area contributed by atoms with Gasteiger partial charge in [-0.1, -0.05) is 22.0 Å². The molecule has 1 aromatic carbocycles. The Morgan fingerprint density at radius 3 is 2.30 bits per heavy atom. The number of carbonyl (C=O) groups is 2. The SMILES string of the molecule is CN1CCN(C(=O)c2cccc(NC(=O)c3c(Br)cc(Br)cc3Br)n2)CC1. The molecule has 2 heterocycles. The highest BCUT2D eigenvalue weighted by atomic mass is 79.9. The number of benzene rings is 1. The van der Waals surface area contributed by atoms with Gasteiger partial charge in [-0.3, -0.25) is 9.59 Å². The van der Waals surface area contributed by atoms with Gasteiger partial charge in [-0.05, 0) is 63.2 Å². The summed E-state index contributed by atoms with van der Waals surface area (Å²) in [5.41, 5.74) is 0.780. The molecule has 1 saturated heterocycles. The van der Waals surface area contributed by atoms with Crippen LogP contribution in [0.2, 0.25) is 0 Å². The maximum atomic E-state index is 12.7. The molecule has 0 unspecified atom stereocenters. The van der Waals surface area contributed by atoms with Crippen LogP contribution >= 0.6 is 47.8 Å². The van der Waals surface area contributed by atoms with Crippen molar-refractivity contribution in [1.82, 2.24) is 14.8 Å². The molecular formula is C18H17Br3N4O2. The second-order valence-electron chi connectivity index (χ2n) is 6.20. The summed E-state index contributed by atoms with van der Waals surface area (Å²) >= 11 is 10.2. The molecular weight excluding hydrogens is 544 g/mol. The Kier molecular flexibility index (Phi) is 6.67. The van der Waals surface area contributed by atoms with Crippen LogP contribution in [0.15, 0.2) is 43.7 Å². The van der Waals surface area contributed by atoms with E-state index in [2.05, 4.69) is 63.0 Å². The molecule has 2 aromatic rings. The standard InChI is InChI=1S/C18H17Br3N4O2/c1-24-5-7-25(8-6-24)18(27)14-3-2-4-15(22-14)23-17(26)16-12(20)9-11(19)10-13(16)21/h2-4,9-10H,5-8H2,1H3,(H,22,23,26). The van der Waals surface area contributed by atoms with E-state index >= 15 is 0 Å². The Hall–Kier alpha value is -1.29. The lowest BCUT2D eigenvalue weighted by atomic mass is 10.2. The van der Waals surface area contributed by atoms with Crippen molar-refractivity contribution in [1.29, 1.82) is 0 Å². The second-order valence-corrected chi connectivity index (χ2v) is 8.83. The second kappa shape index (κ2) is 8.81. The van der Waals surface area contributed by atoms with Gasteiger partial charge in [-0.25, -0.2) is 4.98 Å². The predicted molar refractivity (Wildman–Crippen MR) is 115 cm³/mol. The summed E-state index contributed by atoms with van der Waals surface area (Å²) in [5.74, 6) is -0.107. The minimum atomic E-state index is -0.321. The monoisotopic (exact) mass is 558 g/mol. The van der Waals surface area contributed by atoms with Crippen molar-refractivity contribution in [2.75, 3.05) is 38.5 Å². The molecule has 2 amide bonds. The fraction of sp³-hybridized carbons (Fsp3) is 0.278. The number of piperazine rings is 1. The third kappa shape index (κ3) is 4.96. The number of likely N-dealkylation sites (N-methyl/N-ethyl adjacent to an activating group) is 1. The van der Waals surface area contributed by atoms with E-state index in [0.717, 1.165) is 17.6 Å². The Balaban J connectivity index is 1.76. The largest absolute Gasteiger partial charge is 0.335 e. The van der Waals surface area contributed by atoms with E-state index in [9.17, 15) is 9.59 Å². The van der Waals surface area contributed by atoms with E-state index in [4.69, 9.17) is 0 Å². The molecule has 1 N–H and O–H groups in total. The van der Waals surface area contributed by atoms with Crippen molar-refractivity contribution < 1.29 is 9.59 Å². The van der Waals surface area contributed by atoms with E-state index in [1.165, 1.54) is 0 Å². The van der Waals surface area contributed by atoms with Gasteiger partial charge in [-0.2, -0.15) is 0 Å². The molecule has 0 saturated carbocycles. The van der Waals surface area contributed by atoms with Gasteiger partial charge in [-0.15, -0.1) is 0 Å². The highest BCUT2D eigenvalue weighted by Gasteiger charge is 2.22. The number of anilines is 1. The number of pyridine rings is 1. The molecule has 0 aliphatic carbocycles. The minimum absolute atomic E-state index is 0.120. The summed E-state index contributed by atoms with van der Waals surface area (Å²) < 4.78 is 2.13. The maximum Gasteiger partial charge on any atom is 0.272 e. The summed E-state index contributed by atoms with van der Waals surface area (Å²) in [6.07, 6.45) is 0. The fourth-order valence-electron chi connectivity index (χ4n) is 2.73. The van der Waals surface area contributed by atoms with Crippen molar-refractivity contribution >= 4 is 65.4 Å². The Bertz CT molecular complexity index is 860. The van der Waals surface area contributed by atoms with Crippen molar-refractivity contribution in [3.63, 3.8) is 0 Å². The molecule has 3 rings (SSSR count). The molecule has 0 bridgehead atoms. The highest BCUT2D eigenvalue weighted by molar-refractivity contribution is 9.11. The van der Waals surface area contributed by atoms with Crippen LogP contribution in [0.5, 0.6) is 0 Å². The number of hydrogen-bond donors (Lipinski definition) is 1. The lowest BCUT2D eigenvalue weighted by Crippen LogP contribution is -2.47. The quantitative estimate of drug-likeness (QED) is 0.616. The molecule has 9 heteroatoms. The lowest BCUT2D eigenvalue weighted by molar-refractivity contribution is 0.0658. The number of aromatic nitrogens is 1. The first-order chi connectivity index (χ1) is 12.8. The topological polar surface area (TPSA) is 65.5 Å². The molecule has 27 heavy (non-hydrogen) atoms. The molecule has 6 nitrogen and oxygen atoms in total. The van der Waals surface area contributed by atoms with Crippen LogP contribution in [0.1, 0.15) is 20.8 Å². The molecule has 0 atom stereocenters. The molecule has 1 fully saturated rings. The molecule has 1 aliphatic rings. The van der Waals surface area contributed by atoms with Crippen LogP contribution in [0.4, 0.5) is 5.82 Å². The van der Waals surface area contributed by atoms with Crippen LogP contribution in [0.25, 0.3) is 0 Å². The average molecular weight is 561 g/mol. The molecule has 142 valence electrons. The van der Waals surface area contributed by atoms with Gasteiger partial charge in [0.25, 0.3) is 11.8 Å². The fourth-order valence-corrected chi connectivity index (χ4v) is 5.35. The van der Waals surface area contributed by atoms with Gasteiger partial charge in [0, 0.05) is 39.6 Å². The van der Waals surface area contributed by atoms with Gasteiger partial charge < -0.3 is 15.1 Å². The first-order valence-electron chi connectivity index (χ1n) is 8.26. The summed E-state index contributed by atoms with van der Waals surface area (Å²) in [5, 5.41) is 2.76. The molecule has 1 aromatic heterocycles. The summed E-state index contributed by atoms with van der Waals surface area (Å²) in [7, 11) is 2.04.